The van der Waals surface area contributed by atoms with Crippen molar-refractivity contribution < 1.29 is 0 Å². The van der Waals surface area contributed by atoms with Gasteiger partial charge in [-0.25, -0.2) is 0 Å². The second-order valence-corrected chi connectivity index (χ2v) is 4.02. The van der Waals surface area contributed by atoms with Crippen LogP contribution in [-0.4, -0.2) is 6.04 Å². The first kappa shape index (κ1) is 11.3. The number of halogens is 1. The molecule has 0 aliphatic rings. The third-order valence-electron chi connectivity index (χ3n) is 2.25. The Morgan fingerprint density at radius 2 is 2.14 bits per heavy atom. The molecule has 1 aromatic rings. The average molecular weight is 213 g/mol. The highest BCUT2D eigenvalue weighted by molar-refractivity contribution is 6.30. The number of nitrogen functional groups attached to an aromatic ring is 1. The number of hydrogen-bond acceptors (Lipinski definition) is 2. The summed E-state index contributed by atoms with van der Waals surface area (Å²) >= 11 is 5.89. The van der Waals surface area contributed by atoms with E-state index in [1.807, 2.05) is 12.1 Å². The van der Waals surface area contributed by atoms with Gasteiger partial charge >= 0.3 is 0 Å². The first-order valence-corrected chi connectivity index (χ1v) is 5.28. The molecule has 0 aliphatic heterocycles. The van der Waals surface area contributed by atoms with E-state index in [-0.39, 0.29) is 0 Å². The van der Waals surface area contributed by atoms with Gasteiger partial charge in [-0.1, -0.05) is 18.5 Å². The molecular weight excluding hydrogens is 196 g/mol. The van der Waals surface area contributed by atoms with Crippen LogP contribution < -0.4 is 11.1 Å². The van der Waals surface area contributed by atoms with Crippen molar-refractivity contribution in [1.29, 1.82) is 0 Å². The van der Waals surface area contributed by atoms with E-state index in [0.717, 1.165) is 24.2 Å². The topological polar surface area (TPSA) is 38.0 Å². The summed E-state index contributed by atoms with van der Waals surface area (Å²) < 4.78 is 0. The lowest BCUT2D eigenvalue weighted by Gasteiger charge is -2.11. The molecule has 2 nitrogen and oxygen atoms in total. The Kier molecular flexibility index (Phi) is 4.23. The van der Waals surface area contributed by atoms with Crippen LogP contribution >= 0.6 is 11.6 Å². The maximum Gasteiger partial charge on any atom is 0.0429 e. The van der Waals surface area contributed by atoms with Gasteiger partial charge in [0.2, 0.25) is 0 Å². The lowest BCUT2D eigenvalue weighted by Crippen LogP contribution is -2.24. The van der Waals surface area contributed by atoms with E-state index < -0.39 is 0 Å². The van der Waals surface area contributed by atoms with Gasteiger partial charge in [0.1, 0.15) is 0 Å². The van der Waals surface area contributed by atoms with Crippen molar-refractivity contribution in [2.75, 3.05) is 5.73 Å². The van der Waals surface area contributed by atoms with Gasteiger partial charge in [-0.2, -0.15) is 0 Å². The number of benzene rings is 1. The smallest absolute Gasteiger partial charge is 0.0429 e. The molecule has 1 atom stereocenters. The molecule has 0 saturated heterocycles. The number of rotatable bonds is 4. The van der Waals surface area contributed by atoms with Gasteiger partial charge in [0.25, 0.3) is 0 Å². The van der Waals surface area contributed by atoms with Crippen LogP contribution in [0.2, 0.25) is 5.02 Å². The monoisotopic (exact) mass is 212 g/mol. The van der Waals surface area contributed by atoms with Crippen LogP contribution in [0.15, 0.2) is 18.2 Å². The van der Waals surface area contributed by atoms with E-state index in [4.69, 9.17) is 17.3 Å². The Balaban J connectivity index is 2.58. The zero-order chi connectivity index (χ0) is 10.6. The second kappa shape index (κ2) is 5.23. The first-order valence-electron chi connectivity index (χ1n) is 4.90. The quantitative estimate of drug-likeness (QED) is 0.754. The van der Waals surface area contributed by atoms with Crippen molar-refractivity contribution in [3.63, 3.8) is 0 Å². The molecule has 0 radical (unpaired) electrons. The molecule has 0 aliphatic carbocycles. The van der Waals surface area contributed by atoms with Crippen molar-refractivity contribution >= 4 is 17.3 Å². The lowest BCUT2D eigenvalue weighted by atomic mass is 10.2. The van der Waals surface area contributed by atoms with Crippen LogP contribution in [0.25, 0.3) is 0 Å². The molecule has 0 heterocycles. The fraction of sp³-hybridized carbons (Fsp3) is 0.455. The minimum absolute atomic E-state index is 0.523. The Labute approximate surface area is 90.4 Å². The minimum atomic E-state index is 0.523. The molecule has 0 bridgehead atoms. The number of hydrogen-bond donors (Lipinski definition) is 2. The fourth-order valence-corrected chi connectivity index (χ4v) is 1.48. The van der Waals surface area contributed by atoms with Gasteiger partial charge < -0.3 is 11.1 Å². The molecule has 0 spiro atoms. The maximum atomic E-state index is 5.89. The second-order valence-electron chi connectivity index (χ2n) is 3.58. The third kappa shape index (κ3) is 3.56. The number of nitrogens with two attached hydrogens (primary N) is 1. The minimum Gasteiger partial charge on any atom is -0.399 e. The zero-order valence-electron chi connectivity index (χ0n) is 8.68. The van der Waals surface area contributed by atoms with Crippen molar-refractivity contribution in [3.8, 4) is 0 Å². The molecule has 0 fully saturated rings. The van der Waals surface area contributed by atoms with E-state index in [9.17, 15) is 0 Å². The van der Waals surface area contributed by atoms with Gasteiger partial charge in [0.15, 0.2) is 0 Å². The maximum absolute atomic E-state index is 5.89. The van der Waals surface area contributed by atoms with Crippen LogP contribution in [0.5, 0.6) is 0 Å². The molecule has 1 rings (SSSR count). The molecule has 78 valence electrons. The SMILES string of the molecule is CCC(C)NCc1cc(N)cc(Cl)c1. The van der Waals surface area contributed by atoms with E-state index in [0.29, 0.717) is 11.1 Å². The summed E-state index contributed by atoms with van der Waals surface area (Å²) in [4.78, 5) is 0. The summed E-state index contributed by atoms with van der Waals surface area (Å²) in [6.45, 7) is 5.14. The summed E-state index contributed by atoms with van der Waals surface area (Å²) in [6, 6.07) is 6.17. The highest BCUT2D eigenvalue weighted by atomic mass is 35.5. The summed E-state index contributed by atoms with van der Waals surface area (Å²) in [5.41, 5.74) is 7.54. The van der Waals surface area contributed by atoms with Crippen LogP contribution in [0, 0.1) is 0 Å². The van der Waals surface area contributed by atoms with Crippen molar-refractivity contribution in [2.24, 2.45) is 0 Å². The third-order valence-corrected chi connectivity index (χ3v) is 2.47. The van der Waals surface area contributed by atoms with Crippen molar-refractivity contribution in [3.05, 3.63) is 28.8 Å². The molecule has 14 heavy (non-hydrogen) atoms. The predicted molar refractivity (Wildman–Crippen MR) is 62.5 cm³/mol. The van der Waals surface area contributed by atoms with Gasteiger partial charge in [-0.05, 0) is 37.1 Å². The normalized spacial score (nSPS) is 12.8. The molecule has 0 saturated carbocycles. The lowest BCUT2D eigenvalue weighted by molar-refractivity contribution is 0.534. The van der Waals surface area contributed by atoms with Gasteiger partial charge in [-0.15, -0.1) is 0 Å². The van der Waals surface area contributed by atoms with Crippen LogP contribution in [0.1, 0.15) is 25.8 Å². The summed E-state index contributed by atoms with van der Waals surface area (Å²) in [6.07, 6.45) is 1.12. The van der Waals surface area contributed by atoms with Crippen LogP contribution in [-0.2, 0) is 6.54 Å². The van der Waals surface area contributed by atoms with Crippen molar-refractivity contribution in [1.82, 2.24) is 5.32 Å². The van der Waals surface area contributed by atoms with Gasteiger partial charge in [0, 0.05) is 23.3 Å². The molecule has 0 amide bonds. The number of anilines is 1. The Morgan fingerprint density at radius 1 is 1.43 bits per heavy atom. The largest absolute Gasteiger partial charge is 0.399 e. The summed E-state index contributed by atoms with van der Waals surface area (Å²) in [5.74, 6) is 0. The Bertz CT molecular complexity index is 279. The molecule has 1 unspecified atom stereocenters. The van der Waals surface area contributed by atoms with E-state index in [1.165, 1.54) is 0 Å². The summed E-state index contributed by atoms with van der Waals surface area (Å²) in [7, 11) is 0. The average Bonchev–Trinajstić information content (AvgIpc) is 2.12. The van der Waals surface area contributed by atoms with Gasteiger partial charge in [-0.3, -0.25) is 0 Å². The Hall–Kier alpha value is -0.730. The first-order chi connectivity index (χ1) is 6.61. The standard InChI is InChI=1S/C11H17ClN2/c1-3-8(2)14-7-9-4-10(12)6-11(13)5-9/h4-6,8,14H,3,7,13H2,1-2H3. The fourth-order valence-electron chi connectivity index (χ4n) is 1.21. The van der Waals surface area contributed by atoms with Gasteiger partial charge in [0.05, 0.1) is 0 Å². The Morgan fingerprint density at radius 3 is 2.71 bits per heavy atom. The zero-order valence-corrected chi connectivity index (χ0v) is 9.43. The molecule has 0 aromatic heterocycles. The summed E-state index contributed by atoms with van der Waals surface area (Å²) in [5, 5.41) is 4.09. The highest BCUT2D eigenvalue weighted by Crippen LogP contribution is 2.16. The number of nitrogens with one attached hydrogen (secondary N) is 1. The molecule has 1 aromatic carbocycles. The predicted octanol–water partition coefficient (Wildman–Crippen LogP) is 2.81. The van der Waals surface area contributed by atoms with E-state index in [1.54, 1.807) is 6.07 Å². The molecular formula is C11H17ClN2. The molecule has 3 N–H and O–H groups in total. The van der Waals surface area contributed by atoms with Crippen molar-refractivity contribution in [2.45, 2.75) is 32.9 Å². The van der Waals surface area contributed by atoms with E-state index in [2.05, 4.69) is 19.2 Å². The highest BCUT2D eigenvalue weighted by Gasteiger charge is 2.00. The van der Waals surface area contributed by atoms with Crippen LogP contribution in [0.3, 0.4) is 0 Å². The van der Waals surface area contributed by atoms with E-state index >= 15 is 0 Å². The molecule has 3 heteroatoms. The van der Waals surface area contributed by atoms with Crippen LogP contribution in [0.4, 0.5) is 5.69 Å².